The summed E-state index contributed by atoms with van der Waals surface area (Å²) in [6.45, 7) is 0.416. The van der Waals surface area contributed by atoms with Gasteiger partial charge in [0, 0.05) is 13.2 Å². The van der Waals surface area contributed by atoms with Crippen LogP contribution < -0.4 is 15.4 Å². The van der Waals surface area contributed by atoms with Gasteiger partial charge in [-0.2, -0.15) is 0 Å². The first-order valence-corrected chi connectivity index (χ1v) is 8.53. The third-order valence-electron chi connectivity index (χ3n) is 4.09. The molecule has 3 N–H and O–H groups in total. The van der Waals surface area contributed by atoms with Crippen molar-refractivity contribution in [3.8, 4) is 5.75 Å². The van der Waals surface area contributed by atoms with Crippen LogP contribution in [0, 0.1) is 0 Å². The molecule has 1 atom stereocenters. The quantitative estimate of drug-likeness (QED) is 0.634. The van der Waals surface area contributed by atoms with Crippen LogP contribution in [-0.2, 0) is 9.59 Å². The Morgan fingerprint density at radius 1 is 1.00 bits per heavy atom. The van der Waals surface area contributed by atoms with Gasteiger partial charge in [-0.15, -0.1) is 0 Å². The van der Waals surface area contributed by atoms with Gasteiger partial charge in [-0.25, -0.2) is 0 Å². The van der Waals surface area contributed by atoms with Crippen LogP contribution in [0.1, 0.15) is 24.3 Å². The van der Waals surface area contributed by atoms with Gasteiger partial charge in [0.1, 0.15) is 5.75 Å². The summed E-state index contributed by atoms with van der Waals surface area (Å²) in [4.78, 5) is 24.0. The lowest BCUT2D eigenvalue weighted by atomic mass is 9.93. The molecule has 2 amide bonds. The minimum atomic E-state index is -0.743. The molecular weight excluding hydrogens is 332 g/mol. The molecule has 0 fully saturated rings. The molecule has 2 aromatic rings. The number of ether oxygens (including phenoxy) is 1. The number of methoxy groups -OCH3 is 1. The molecule has 2 aromatic carbocycles. The zero-order chi connectivity index (χ0) is 18.8. The van der Waals surface area contributed by atoms with Crippen molar-refractivity contribution in [1.29, 1.82) is 0 Å². The Bertz CT molecular complexity index is 719. The first kappa shape index (κ1) is 19.5. The molecule has 2 rings (SSSR count). The summed E-state index contributed by atoms with van der Waals surface area (Å²) in [5, 5.41) is 14.4. The molecule has 0 saturated heterocycles. The molecule has 0 aliphatic carbocycles. The Balaban J connectivity index is 1.86. The maximum Gasteiger partial charge on any atom is 0.313 e. The lowest BCUT2D eigenvalue weighted by Crippen LogP contribution is -2.36. The number of aliphatic hydroxyl groups is 1. The van der Waals surface area contributed by atoms with Crippen LogP contribution in [0.5, 0.6) is 5.75 Å². The van der Waals surface area contributed by atoms with Gasteiger partial charge < -0.3 is 20.5 Å². The van der Waals surface area contributed by atoms with Crippen LogP contribution in [0.3, 0.4) is 0 Å². The van der Waals surface area contributed by atoms with E-state index < -0.39 is 11.8 Å². The van der Waals surface area contributed by atoms with E-state index in [9.17, 15) is 14.7 Å². The Morgan fingerprint density at radius 3 is 2.38 bits per heavy atom. The zero-order valence-corrected chi connectivity index (χ0v) is 14.8. The van der Waals surface area contributed by atoms with Gasteiger partial charge in [0.05, 0.1) is 12.8 Å². The molecule has 6 heteroatoms. The summed E-state index contributed by atoms with van der Waals surface area (Å²) in [5.41, 5.74) is 1.55. The van der Waals surface area contributed by atoms with Crippen molar-refractivity contribution in [1.82, 2.24) is 5.32 Å². The van der Waals surface area contributed by atoms with Crippen LogP contribution in [0.4, 0.5) is 5.69 Å². The van der Waals surface area contributed by atoms with E-state index in [1.165, 1.54) is 7.11 Å². The number of benzene rings is 2. The van der Waals surface area contributed by atoms with Gasteiger partial charge in [0.15, 0.2) is 0 Å². The number of carbonyl (C=O) groups excluding carboxylic acids is 2. The molecule has 0 saturated carbocycles. The molecule has 0 bridgehead atoms. The molecule has 0 unspecified atom stereocenters. The van der Waals surface area contributed by atoms with Crippen molar-refractivity contribution in [2.24, 2.45) is 0 Å². The van der Waals surface area contributed by atoms with Crippen LogP contribution in [-0.4, -0.2) is 37.2 Å². The lowest BCUT2D eigenvalue weighted by Gasteiger charge is -2.16. The molecule has 0 aliphatic heterocycles. The predicted octanol–water partition coefficient (Wildman–Crippen LogP) is 2.31. The van der Waals surface area contributed by atoms with Gasteiger partial charge in [-0.3, -0.25) is 9.59 Å². The van der Waals surface area contributed by atoms with Crippen molar-refractivity contribution in [2.75, 3.05) is 25.6 Å². The number of amides is 2. The molecule has 0 aromatic heterocycles. The molecular formula is C20H24N2O4. The van der Waals surface area contributed by atoms with E-state index >= 15 is 0 Å². The molecule has 138 valence electrons. The Kier molecular flexibility index (Phi) is 7.64. The summed E-state index contributed by atoms with van der Waals surface area (Å²) in [6.07, 6.45) is 1.24. The number of para-hydroxylation sites is 2. The van der Waals surface area contributed by atoms with E-state index in [-0.39, 0.29) is 12.5 Å². The number of nitrogens with one attached hydrogen (secondary N) is 2. The molecule has 0 spiro atoms. The minimum absolute atomic E-state index is 0.0712. The topological polar surface area (TPSA) is 87.7 Å². The second kappa shape index (κ2) is 10.2. The van der Waals surface area contributed by atoms with E-state index in [0.29, 0.717) is 30.8 Å². The smallest absolute Gasteiger partial charge is 0.313 e. The van der Waals surface area contributed by atoms with Gasteiger partial charge in [-0.1, -0.05) is 42.5 Å². The van der Waals surface area contributed by atoms with Gasteiger partial charge in [-0.05, 0) is 36.5 Å². The molecule has 6 nitrogen and oxygen atoms in total. The summed E-state index contributed by atoms with van der Waals surface area (Å²) in [5.74, 6) is -0.834. The summed E-state index contributed by atoms with van der Waals surface area (Å²) in [6, 6.07) is 16.7. The van der Waals surface area contributed by atoms with Crippen molar-refractivity contribution in [3.63, 3.8) is 0 Å². The van der Waals surface area contributed by atoms with E-state index in [1.54, 1.807) is 24.3 Å². The monoisotopic (exact) mass is 356 g/mol. The van der Waals surface area contributed by atoms with E-state index in [1.807, 2.05) is 30.3 Å². The molecule has 0 radical (unpaired) electrons. The Labute approximate surface area is 153 Å². The highest BCUT2D eigenvalue weighted by Gasteiger charge is 2.16. The average Bonchev–Trinajstić information content (AvgIpc) is 2.68. The van der Waals surface area contributed by atoms with Gasteiger partial charge in [0.2, 0.25) is 0 Å². The molecule has 0 aliphatic rings. The summed E-state index contributed by atoms with van der Waals surface area (Å²) >= 11 is 0. The minimum Gasteiger partial charge on any atom is -0.495 e. The highest BCUT2D eigenvalue weighted by Crippen LogP contribution is 2.23. The summed E-state index contributed by atoms with van der Waals surface area (Å²) < 4.78 is 5.14. The van der Waals surface area contributed by atoms with Crippen molar-refractivity contribution >= 4 is 17.5 Å². The van der Waals surface area contributed by atoms with Crippen molar-refractivity contribution < 1.29 is 19.4 Å². The predicted molar refractivity (Wildman–Crippen MR) is 100 cm³/mol. The fourth-order valence-corrected chi connectivity index (χ4v) is 2.73. The molecule has 0 heterocycles. The number of aliphatic hydroxyl groups excluding tert-OH is 1. The highest BCUT2D eigenvalue weighted by molar-refractivity contribution is 6.39. The number of hydrogen-bond donors (Lipinski definition) is 3. The van der Waals surface area contributed by atoms with Crippen molar-refractivity contribution in [2.45, 2.75) is 18.8 Å². The Morgan fingerprint density at radius 2 is 1.69 bits per heavy atom. The second-order valence-corrected chi connectivity index (χ2v) is 5.82. The highest BCUT2D eigenvalue weighted by atomic mass is 16.5. The Hall–Kier alpha value is -2.86. The maximum atomic E-state index is 12.0. The third kappa shape index (κ3) is 5.60. The van der Waals surface area contributed by atoms with E-state index in [0.717, 1.165) is 5.56 Å². The third-order valence-corrected chi connectivity index (χ3v) is 4.09. The standard InChI is InChI=1S/C20H24N2O4/c1-26-18-10-6-5-9-17(18)22-20(25)19(24)21-13-11-16(12-14-23)15-7-3-2-4-8-15/h2-10,16,23H,11-14H2,1H3,(H,21,24)(H,22,25)/t16-/m0/s1. The maximum absolute atomic E-state index is 12.0. The zero-order valence-electron chi connectivity index (χ0n) is 14.8. The fraction of sp³-hybridized carbons (Fsp3) is 0.300. The number of anilines is 1. The SMILES string of the molecule is COc1ccccc1NC(=O)C(=O)NCC[C@@H](CCO)c1ccccc1. The van der Waals surface area contributed by atoms with Crippen molar-refractivity contribution in [3.05, 3.63) is 60.2 Å². The normalized spacial score (nSPS) is 11.5. The van der Waals surface area contributed by atoms with Crippen LogP contribution in [0.15, 0.2) is 54.6 Å². The van der Waals surface area contributed by atoms with Crippen LogP contribution >= 0.6 is 0 Å². The fourth-order valence-electron chi connectivity index (χ4n) is 2.73. The lowest BCUT2D eigenvalue weighted by molar-refractivity contribution is -0.136. The largest absolute Gasteiger partial charge is 0.495 e. The molecule has 26 heavy (non-hydrogen) atoms. The van der Waals surface area contributed by atoms with E-state index in [2.05, 4.69) is 10.6 Å². The van der Waals surface area contributed by atoms with Crippen LogP contribution in [0.25, 0.3) is 0 Å². The van der Waals surface area contributed by atoms with Gasteiger partial charge >= 0.3 is 11.8 Å². The van der Waals surface area contributed by atoms with E-state index in [4.69, 9.17) is 4.74 Å². The van der Waals surface area contributed by atoms with Gasteiger partial charge in [0.25, 0.3) is 0 Å². The number of carbonyl (C=O) groups is 2. The second-order valence-electron chi connectivity index (χ2n) is 5.82. The number of rotatable bonds is 8. The first-order chi connectivity index (χ1) is 12.7. The van der Waals surface area contributed by atoms with Crippen LogP contribution in [0.2, 0.25) is 0 Å². The summed E-state index contributed by atoms with van der Waals surface area (Å²) in [7, 11) is 1.50. The number of hydrogen-bond acceptors (Lipinski definition) is 4. The average molecular weight is 356 g/mol. The first-order valence-electron chi connectivity index (χ1n) is 8.53.